The lowest BCUT2D eigenvalue weighted by atomic mass is 10.1. The lowest BCUT2D eigenvalue weighted by molar-refractivity contribution is -0.143. The third-order valence-electron chi connectivity index (χ3n) is 2.55. The Morgan fingerprint density at radius 1 is 1.50 bits per heavy atom. The van der Waals surface area contributed by atoms with Crippen LogP contribution in [0.2, 0.25) is 0 Å². The zero-order valence-electron chi connectivity index (χ0n) is 10.5. The fourth-order valence-electron chi connectivity index (χ4n) is 1.03. The fraction of sp³-hybridized carbons (Fsp3) is 0.909. The number of aliphatic hydroxyl groups is 1. The number of rotatable bonds is 8. The predicted molar refractivity (Wildman–Crippen MR) is 67.9 cm³/mol. The van der Waals surface area contributed by atoms with E-state index in [0.717, 1.165) is 6.42 Å². The van der Waals surface area contributed by atoms with Crippen LogP contribution in [-0.2, 0) is 4.79 Å². The number of nitrogens with one attached hydrogen (secondary N) is 1. The van der Waals surface area contributed by atoms with E-state index in [0.29, 0.717) is 12.3 Å². The van der Waals surface area contributed by atoms with Crippen molar-refractivity contribution in [3.05, 3.63) is 0 Å². The van der Waals surface area contributed by atoms with Crippen LogP contribution in [0.25, 0.3) is 0 Å². The highest BCUT2D eigenvalue weighted by atomic mass is 32.2. The second kappa shape index (κ2) is 7.14. The van der Waals surface area contributed by atoms with Crippen LogP contribution in [0, 0.1) is 0 Å². The molecule has 0 amide bonds. The summed E-state index contributed by atoms with van der Waals surface area (Å²) in [6.45, 7) is 7.99. The van der Waals surface area contributed by atoms with Crippen molar-refractivity contribution in [3.8, 4) is 0 Å². The zero-order chi connectivity index (χ0) is 12.8. The summed E-state index contributed by atoms with van der Waals surface area (Å²) in [6, 6.07) is 0. The van der Waals surface area contributed by atoms with Crippen molar-refractivity contribution < 1.29 is 15.0 Å². The maximum absolute atomic E-state index is 11.2. The van der Waals surface area contributed by atoms with Crippen LogP contribution in [0.1, 0.15) is 34.1 Å². The van der Waals surface area contributed by atoms with Crippen molar-refractivity contribution in [1.82, 2.24) is 5.32 Å². The van der Waals surface area contributed by atoms with Gasteiger partial charge >= 0.3 is 5.97 Å². The minimum Gasteiger partial charge on any atom is -0.480 e. The number of carbonyl (C=O) groups is 1. The molecule has 0 saturated heterocycles. The van der Waals surface area contributed by atoms with E-state index in [9.17, 15) is 15.0 Å². The van der Waals surface area contributed by atoms with Crippen LogP contribution >= 0.6 is 11.8 Å². The molecule has 3 unspecified atom stereocenters. The van der Waals surface area contributed by atoms with Crippen LogP contribution < -0.4 is 5.32 Å². The zero-order valence-corrected chi connectivity index (χ0v) is 11.3. The molecule has 3 N–H and O–H groups in total. The molecular formula is C11H23NO3S. The summed E-state index contributed by atoms with van der Waals surface area (Å²) in [4.78, 5) is 11.2. The summed E-state index contributed by atoms with van der Waals surface area (Å²) in [5.41, 5.74) is -0.913. The van der Waals surface area contributed by atoms with Crippen molar-refractivity contribution in [1.29, 1.82) is 0 Å². The monoisotopic (exact) mass is 249 g/mol. The van der Waals surface area contributed by atoms with E-state index in [1.165, 1.54) is 11.8 Å². The highest BCUT2D eigenvalue weighted by molar-refractivity contribution is 8.00. The molecule has 0 heterocycles. The van der Waals surface area contributed by atoms with Gasteiger partial charge < -0.3 is 15.5 Å². The van der Waals surface area contributed by atoms with Crippen molar-refractivity contribution in [2.24, 2.45) is 0 Å². The molecule has 4 nitrogen and oxygen atoms in total. The number of carboxylic acids is 1. The molecule has 0 aromatic carbocycles. The lowest BCUT2D eigenvalue weighted by Crippen LogP contribution is -2.52. The first-order chi connectivity index (χ1) is 7.33. The van der Waals surface area contributed by atoms with Crippen LogP contribution in [0.5, 0.6) is 0 Å². The molecule has 0 aliphatic heterocycles. The Balaban J connectivity index is 4.27. The van der Waals surface area contributed by atoms with Crippen LogP contribution in [0.3, 0.4) is 0 Å². The van der Waals surface area contributed by atoms with E-state index in [1.807, 2.05) is 13.8 Å². The minimum atomic E-state index is -0.913. The third-order valence-corrected chi connectivity index (χ3v) is 4.22. The molecule has 16 heavy (non-hydrogen) atoms. The second-order valence-corrected chi connectivity index (χ2v) is 5.69. The first-order valence-electron chi connectivity index (χ1n) is 5.61. The molecule has 0 aliphatic rings. The molecule has 0 fully saturated rings. The largest absolute Gasteiger partial charge is 0.480 e. The Kier molecular flexibility index (Phi) is 7.03. The number of hydrogen-bond acceptors (Lipinski definition) is 4. The van der Waals surface area contributed by atoms with Gasteiger partial charge in [-0.15, -0.1) is 0 Å². The minimum absolute atomic E-state index is 0.0436. The second-order valence-electron chi connectivity index (χ2n) is 4.32. The number of aliphatic hydroxyl groups excluding tert-OH is 1. The highest BCUT2D eigenvalue weighted by Gasteiger charge is 2.33. The average Bonchev–Trinajstić information content (AvgIpc) is 2.22. The fourth-order valence-corrected chi connectivity index (χ4v) is 2.13. The molecule has 96 valence electrons. The topological polar surface area (TPSA) is 69.6 Å². The summed E-state index contributed by atoms with van der Waals surface area (Å²) >= 11 is 1.48. The maximum atomic E-state index is 11.2. The molecule has 3 atom stereocenters. The van der Waals surface area contributed by atoms with Gasteiger partial charge in [-0.25, -0.2) is 0 Å². The lowest BCUT2D eigenvalue weighted by Gasteiger charge is -2.27. The van der Waals surface area contributed by atoms with E-state index >= 15 is 0 Å². The van der Waals surface area contributed by atoms with Crippen LogP contribution in [-0.4, -0.2) is 45.4 Å². The standard InChI is InChI=1S/C11H23NO3S/c1-5-6-12-11(4,10(14)15)7-16-9(3)8(2)13/h8-9,12-13H,5-7H2,1-4H3,(H,14,15). The summed E-state index contributed by atoms with van der Waals surface area (Å²) in [5.74, 6) is -0.389. The van der Waals surface area contributed by atoms with Gasteiger partial charge in [0.15, 0.2) is 0 Å². The quantitative estimate of drug-likeness (QED) is 0.605. The number of thioether (sulfide) groups is 1. The van der Waals surface area contributed by atoms with Gasteiger partial charge in [-0.2, -0.15) is 11.8 Å². The van der Waals surface area contributed by atoms with Gasteiger partial charge in [-0.1, -0.05) is 13.8 Å². The molecule has 0 aromatic heterocycles. The van der Waals surface area contributed by atoms with Gasteiger partial charge in [0.25, 0.3) is 0 Å². The number of aliphatic carboxylic acids is 1. The van der Waals surface area contributed by atoms with E-state index in [-0.39, 0.29) is 5.25 Å². The van der Waals surface area contributed by atoms with Crippen LogP contribution in [0.4, 0.5) is 0 Å². The number of carboxylic acid groups (broad SMARTS) is 1. The highest BCUT2D eigenvalue weighted by Crippen LogP contribution is 2.20. The average molecular weight is 249 g/mol. The molecular weight excluding hydrogens is 226 g/mol. The van der Waals surface area contributed by atoms with Crippen molar-refractivity contribution >= 4 is 17.7 Å². The molecule has 0 spiro atoms. The van der Waals surface area contributed by atoms with Gasteiger partial charge in [0.1, 0.15) is 5.54 Å². The number of hydrogen-bond donors (Lipinski definition) is 3. The Bertz CT molecular complexity index is 223. The Morgan fingerprint density at radius 3 is 2.44 bits per heavy atom. The SMILES string of the molecule is CCCNC(C)(CSC(C)C(C)O)C(=O)O. The van der Waals surface area contributed by atoms with Gasteiger partial charge in [0, 0.05) is 11.0 Å². The Labute approximate surface area is 102 Å². The Morgan fingerprint density at radius 2 is 2.06 bits per heavy atom. The third kappa shape index (κ3) is 5.18. The van der Waals surface area contributed by atoms with Gasteiger partial charge in [0.2, 0.25) is 0 Å². The van der Waals surface area contributed by atoms with E-state index in [2.05, 4.69) is 5.32 Å². The van der Waals surface area contributed by atoms with Gasteiger partial charge in [-0.3, -0.25) is 4.79 Å². The molecule has 0 rings (SSSR count). The first-order valence-corrected chi connectivity index (χ1v) is 6.66. The smallest absolute Gasteiger partial charge is 0.324 e. The van der Waals surface area contributed by atoms with Crippen molar-refractivity contribution in [2.75, 3.05) is 12.3 Å². The predicted octanol–water partition coefficient (Wildman–Crippen LogP) is 1.33. The van der Waals surface area contributed by atoms with E-state index in [1.54, 1.807) is 13.8 Å². The summed E-state index contributed by atoms with van der Waals surface area (Å²) in [5, 5.41) is 21.6. The summed E-state index contributed by atoms with van der Waals surface area (Å²) in [6.07, 6.45) is 0.480. The van der Waals surface area contributed by atoms with E-state index < -0.39 is 17.6 Å². The van der Waals surface area contributed by atoms with Crippen molar-refractivity contribution in [2.45, 2.75) is 51.0 Å². The molecule has 0 radical (unpaired) electrons. The summed E-state index contributed by atoms with van der Waals surface area (Å²) < 4.78 is 0. The van der Waals surface area contributed by atoms with Crippen molar-refractivity contribution in [3.63, 3.8) is 0 Å². The van der Waals surface area contributed by atoms with Gasteiger partial charge in [0.05, 0.1) is 6.10 Å². The maximum Gasteiger partial charge on any atom is 0.324 e. The molecule has 0 bridgehead atoms. The molecule has 0 aliphatic carbocycles. The molecule has 0 saturated carbocycles. The molecule has 0 aromatic rings. The summed E-state index contributed by atoms with van der Waals surface area (Å²) in [7, 11) is 0. The Hall–Kier alpha value is -0.260. The van der Waals surface area contributed by atoms with E-state index in [4.69, 9.17) is 0 Å². The molecule has 5 heteroatoms. The normalized spacial score (nSPS) is 18.8. The first kappa shape index (κ1) is 15.7. The van der Waals surface area contributed by atoms with Crippen LogP contribution in [0.15, 0.2) is 0 Å². The van der Waals surface area contributed by atoms with Gasteiger partial charge in [-0.05, 0) is 26.8 Å².